The van der Waals surface area contributed by atoms with E-state index in [1.54, 1.807) is 36.4 Å². The molecule has 0 saturated carbocycles. The number of anilines is 1. The zero-order valence-electron chi connectivity index (χ0n) is 17.3. The van der Waals surface area contributed by atoms with Gasteiger partial charge in [-0.3, -0.25) is 4.79 Å². The van der Waals surface area contributed by atoms with Gasteiger partial charge in [-0.05, 0) is 47.0 Å². The standard InChI is InChI=1S/C24H22BrFN2O4/c1-32-20-10-7-17(23(26)22(20)16-3-2-4-18(25)14-16)13-15-5-8-19(9-6-15)28-24(31)27-12-11-21(29)30/h2-10,14H,11-13H2,1H3,(H,29,30)(H2,27,28,31). The Morgan fingerprint density at radius 3 is 2.50 bits per heavy atom. The minimum Gasteiger partial charge on any atom is -0.496 e. The summed E-state index contributed by atoms with van der Waals surface area (Å²) < 4.78 is 21.7. The molecule has 32 heavy (non-hydrogen) atoms. The zero-order chi connectivity index (χ0) is 23.1. The first-order valence-corrected chi connectivity index (χ1v) is 10.6. The van der Waals surface area contributed by atoms with Gasteiger partial charge < -0.3 is 20.5 Å². The van der Waals surface area contributed by atoms with Crippen molar-refractivity contribution in [3.05, 3.63) is 82.1 Å². The van der Waals surface area contributed by atoms with E-state index in [0.29, 0.717) is 34.5 Å². The van der Waals surface area contributed by atoms with Gasteiger partial charge in [-0.25, -0.2) is 9.18 Å². The summed E-state index contributed by atoms with van der Waals surface area (Å²) in [5.74, 6) is -0.872. The third-order valence-electron chi connectivity index (χ3n) is 4.75. The number of hydrogen-bond donors (Lipinski definition) is 3. The Morgan fingerprint density at radius 2 is 1.84 bits per heavy atom. The van der Waals surface area contributed by atoms with Gasteiger partial charge >= 0.3 is 12.0 Å². The van der Waals surface area contributed by atoms with Gasteiger partial charge in [0.05, 0.1) is 19.1 Å². The van der Waals surface area contributed by atoms with Gasteiger partial charge in [-0.1, -0.05) is 46.3 Å². The molecule has 0 spiro atoms. The number of carboxylic acids is 1. The van der Waals surface area contributed by atoms with Crippen LogP contribution < -0.4 is 15.4 Å². The molecule has 0 aliphatic carbocycles. The van der Waals surface area contributed by atoms with Gasteiger partial charge in [0, 0.05) is 23.1 Å². The van der Waals surface area contributed by atoms with Crippen molar-refractivity contribution in [1.29, 1.82) is 0 Å². The number of carbonyl (C=O) groups excluding carboxylic acids is 1. The quantitative estimate of drug-likeness (QED) is 0.383. The number of carbonyl (C=O) groups is 2. The van der Waals surface area contributed by atoms with Crippen LogP contribution in [0.5, 0.6) is 5.75 Å². The molecule has 0 heterocycles. The molecule has 3 aromatic rings. The Labute approximate surface area is 193 Å². The van der Waals surface area contributed by atoms with Crippen molar-refractivity contribution in [2.24, 2.45) is 0 Å². The van der Waals surface area contributed by atoms with E-state index < -0.39 is 12.0 Å². The number of benzene rings is 3. The van der Waals surface area contributed by atoms with Gasteiger partial charge in [-0.15, -0.1) is 0 Å². The van der Waals surface area contributed by atoms with Gasteiger partial charge in [0.15, 0.2) is 0 Å². The molecule has 0 atom stereocenters. The van der Waals surface area contributed by atoms with Crippen LogP contribution in [0.1, 0.15) is 17.5 Å². The molecule has 6 nitrogen and oxygen atoms in total. The molecule has 3 N–H and O–H groups in total. The van der Waals surface area contributed by atoms with Crippen LogP contribution >= 0.6 is 15.9 Å². The number of ether oxygens (including phenoxy) is 1. The Hall–Kier alpha value is -3.39. The van der Waals surface area contributed by atoms with Crippen LogP contribution in [-0.2, 0) is 11.2 Å². The second-order valence-corrected chi connectivity index (χ2v) is 7.94. The maximum absolute atomic E-state index is 15.4. The Bertz CT molecular complexity index is 1120. The molecule has 0 saturated heterocycles. The summed E-state index contributed by atoms with van der Waals surface area (Å²) >= 11 is 3.42. The molecule has 2 amide bonds. The van der Waals surface area contributed by atoms with Crippen molar-refractivity contribution in [1.82, 2.24) is 5.32 Å². The van der Waals surface area contributed by atoms with E-state index in [9.17, 15) is 9.59 Å². The van der Waals surface area contributed by atoms with Crippen LogP contribution in [0.2, 0.25) is 0 Å². The normalized spacial score (nSPS) is 10.5. The molecule has 166 valence electrons. The fourth-order valence-corrected chi connectivity index (χ4v) is 3.60. The first-order chi connectivity index (χ1) is 15.4. The number of carboxylic acid groups (broad SMARTS) is 1. The summed E-state index contributed by atoms with van der Waals surface area (Å²) in [6.45, 7) is 0.0380. The van der Waals surface area contributed by atoms with Gasteiger partial charge in [0.2, 0.25) is 0 Å². The molecule has 0 fully saturated rings. The van der Waals surface area contributed by atoms with Crippen LogP contribution in [0.15, 0.2) is 65.1 Å². The van der Waals surface area contributed by atoms with Crippen molar-refractivity contribution in [2.45, 2.75) is 12.8 Å². The third kappa shape index (κ3) is 6.07. The topological polar surface area (TPSA) is 87.7 Å². The SMILES string of the molecule is COc1ccc(Cc2ccc(NC(=O)NCCC(=O)O)cc2)c(F)c1-c1cccc(Br)c1. The van der Waals surface area contributed by atoms with Gasteiger partial charge in [-0.2, -0.15) is 0 Å². The summed E-state index contributed by atoms with van der Waals surface area (Å²) in [7, 11) is 1.51. The van der Waals surface area contributed by atoms with Crippen molar-refractivity contribution in [3.63, 3.8) is 0 Å². The highest BCUT2D eigenvalue weighted by Crippen LogP contribution is 2.36. The molecule has 8 heteroatoms. The Balaban J connectivity index is 1.74. The summed E-state index contributed by atoms with van der Waals surface area (Å²) in [6.07, 6.45) is 0.212. The van der Waals surface area contributed by atoms with Crippen LogP contribution in [0.4, 0.5) is 14.9 Å². The minimum atomic E-state index is -0.983. The number of aliphatic carboxylic acids is 1. The summed E-state index contributed by atoms with van der Waals surface area (Å²) in [5, 5.41) is 13.7. The molecule has 0 aliphatic heterocycles. The predicted octanol–water partition coefficient (Wildman–Crippen LogP) is 5.45. The van der Waals surface area contributed by atoms with Crippen molar-refractivity contribution < 1.29 is 23.8 Å². The van der Waals surface area contributed by atoms with Crippen molar-refractivity contribution in [3.8, 4) is 16.9 Å². The highest BCUT2D eigenvalue weighted by molar-refractivity contribution is 9.10. The van der Waals surface area contributed by atoms with Gasteiger partial charge in [0.1, 0.15) is 11.6 Å². The van der Waals surface area contributed by atoms with Crippen LogP contribution in [0.3, 0.4) is 0 Å². The van der Waals surface area contributed by atoms with Crippen molar-refractivity contribution >= 4 is 33.6 Å². The Morgan fingerprint density at radius 1 is 1.09 bits per heavy atom. The number of rotatable bonds is 8. The van der Waals surface area contributed by atoms with E-state index in [1.165, 1.54) is 7.11 Å². The first kappa shape index (κ1) is 23.3. The maximum Gasteiger partial charge on any atom is 0.319 e. The molecule has 0 aromatic heterocycles. The monoisotopic (exact) mass is 500 g/mol. The maximum atomic E-state index is 15.4. The molecule has 0 unspecified atom stereocenters. The number of methoxy groups -OCH3 is 1. The molecular weight excluding hydrogens is 479 g/mol. The van der Waals surface area contributed by atoms with E-state index in [4.69, 9.17) is 9.84 Å². The Kier molecular flexibility index (Phi) is 7.83. The third-order valence-corrected chi connectivity index (χ3v) is 5.24. The zero-order valence-corrected chi connectivity index (χ0v) is 18.9. The number of nitrogens with one attached hydrogen (secondary N) is 2. The van der Waals surface area contributed by atoms with E-state index in [2.05, 4.69) is 26.6 Å². The molecule has 3 rings (SSSR count). The lowest BCUT2D eigenvalue weighted by molar-refractivity contribution is -0.136. The molecule has 3 aromatic carbocycles. The lowest BCUT2D eigenvalue weighted by atomic mass is 9.97. The lowest BCUT2D eigenvalue weighted by Crippen LogP contribution is -2.30. The summed E-state index contributed by atoms with van der Waals surface area (Å²) in [4.78, 5) is 22.3. The van der Waals surface area contributed by atoms with Crippen LogP contribution in [0, 0.1) is 5.82 Å². The molecule has 0 radical (unpaired) electrons. The predicted molar refractivity (Wildman–Crippen MR) is 125 cm³/mol. The minimum absolute atomic E-state index is 0.0380. The average Bonchev–Trinajstić information content (AvgIpc) is 2.76. The molecular formula is C24H22BrFN2O4. The van der Waals surface area contributed by atoms with E-state index >= 15 is 4.39 Å². The molecule has 0 aliphatic rings. The molecule has 0 bridgehead atoms. The number of hydrogen-bond acceptors (Lipinski definition) is 3. The lowest BCUT2D eigenvalue weighted by Gasteiger charge is -2.14. The highest BCUT2D eigenvalue weighted by Gasteiger charge is 2.17. The van der Waals surface area contributed by atoms with Gasteiger partial charge in [0.25, 0.3) is 0 Å². The summed E-state index contributed by atoms with van der Waals surface area (Å²) in [5.41, 5.74) is 3.05. The first-order valence-electron chi connectivity index (χ1n) is 9.84. The number of urea groups is 1. The van der Waals surface area contributed by atoms with E-state index in [1.807, 2.05) is 24.3 Å². The second-order valence-electron chi connectivity index (χ2n) is 7.02. The van der Waals surface area contributed by atoms with Crippen LogP contribution in [0.25, 0.3) is 11.1 Å². The fourth-order valence-electron chi connectivity index (χ4n) is 3.21. The second kappa shape index (κ2) is 10.8. The summed E-state index contributed by atoms with van der Waals surface area (Å²) in [6, 6.07) is 17.4. The number of halogens is 2. The van der Waals surface area contributed by atoms with E-state index in [0.717, 1.165) is 10.0 Å². The highest BCUT2D eigenvalue weighted by atomic mass is 79.9. The largest absolute Gasteiger partial charge is 0.496 e. The average molecular weight is 501 g/mol. The van der Waals surface area contributed by atoms with Crippen molar-refractivity contribution in [2.75, 3.05) is 19.0 Å². The number of amides is 2. The van der Waals surface area contributed by atoms with Crippen LogP contribution in [-0.4, -0.2) is 30.8 Å². The smallest absolute Gasteiger partial charge is 0.319 e. The van der Waals surface area contributed by atoms with E-state index in [-0.39, 0.29) is 18.8 Å². The fraction of sp³-hybridized carbons (Fsp3) is 0.167.